The summed E-state index contributed by atoms with van der Waals surface area (Å²) in [5.74, 6) is 0.698. The van der Waals surface area contributed by atoms with E-state index in [0.29, 0.717) is 5.92 Å². The van der Waals surface area contributed by atoms with Crippen molar-refractivity contribution in [3.63, 3.8) is 0 Å². The van der Waals surface area contributed by atoms with E-state index >= 15 is 0 Å². The molecule has 2 heterocycles. The first-order valence-corrected chi connectivity index (χ1v) is 8.58. The largest absolute Gasteiger partial charge is 0.368 e. The molecule has 0 amide bonds. The molecule has 110 valence electrons. The molecule has 4 nitrogen and oxygen atoms in total. The molecule has 1 aromatic heterocycles. The highest BCUT2D eigenvalue weighted by molar-refractivity contribution is 7.15. The molecule has 2 aliphatic rings. The molecule has 0 unspecified atom stereocenters. The van der Waals surface area contributed by atoms with Crippen LogP contribution in [0.4, 0.5) is 10.8 Å². The maximum Gasteiger partial charge on any atom is 0.208 e. The average Bonchev–Trinajstić information content (AvgIpc) is 3.25. The highest BCUT2D eigenvalue weighted by Gasteiger charge is 2.29. The van der Waals surface area contributed by atoms with Crippen molar-refractivity contribution < 1.29 is 0 Å². The number of hydrogen-bond acceptors (Lipinski definition) is 5. The molecule has 0 atom stereocenters. The van der Waals surface area contributed by atoms with E-state index in [1.54, 1.807) is 11.3 Å². The van der Waals surface area contributed by atoms with Crippen molar-refractivity contribution >= 4 is 33.8 Å². The van der Waals surface area contributed by atoms with Gasteiger partial charge in [-0.3, -0.25) is 0 Å². The predicted octanol–water partition coefficient (Wildman–Crippen LogP) is 3.40. The van der Waals surface area contributed by atoms with Crippen molar-refractivity contribution in [2.75, 3.05) is 36.0 Å². The van der Waals surface area contributed by atoms with Crippen LogP contribution in [0.3, 0.4) is 0 Å². The summed E-state index contributed by atoms with van der Waals surface area (Å²) in [5, 5.41) is 11.8. The number of nitrogens with zero attached hydrogens (tertiary/aromatic N) is 4. The number of rotatable bonds is 3. The first-order valence-electron chi connectivity index (χ1n) is 7.38. The van der Waals surface area contributed by atoms with E-state index < -0.39 is 0 Å². The molecule has 0 N–H and O–H groups in total. The lowest BCUT2D eigenvalue weighted by Crippen LogP contribution is -2.46. The molecule has 0 bridgehead atoms. The van der Waals surface area contributed by atoms with E-state index in [1.165, 1.54) is 23.5 Å². The molecule has 0 spiro atoms. The zero-order chi connectivity index (χ0) is 14.2. The van der Waals surface area contributed by atoms with E-state index in [2.05, 4.69) is 26.1 Å². The zero-order valence-corrected chi connectivity index (χ0v) is 13.3. The Labute approximate surface area is 133 Å². The topological polar surface area (TPSA) is 32.3 Å². The van der Waals surface area contributed by atoms with Crippen LogP contribution < -0.4 is 9.80 Å². The monoisotopic (exact) mass is 320 g/mol. The number of hydrogen-bond donors (Lipinski definition) is 0. The van der Waals surface area contributed by atoms with Crippen molar-refractivity contribution in [1.29, 1.82) is 0 Å². The molecule has 1 saturated heterocycles. The minimum absolute atomic E-state index is 0.698. The van der Waals surface area contributed by atoms with Gasteiger partial charge in [-0.05, 0) is 31.0 Å². The van der Waals surface area contributed by atoms with Crippen LogP contribution in [-0.4, -0.2) is 36.4 Å². The normalized spacial score (nSPS) is 19.1. The molecule has 1 aliphatic carbocycles. The third-order valence-electron chi connectivity index (χ3n) is 4.08. The molecular weight excluding hydrogens is 304 g/mol. The van der Waals surface area contributed by atoms with Gasteiger partial charge in [0.2, 0.25) is 5.13 Å². The number of piperazine rings is 1. The van der Waals surface area contributed by atoms with Gasteiger partial charge in [0.05, 0.1) is 0 Å². The average molecular weight is 321 g/mol. The predicted molar refractivity (Wildman–Crippen MR) is 87.8 cm³/mol. The van der Waals surface area contributed by atoms with E-state index in [4.69, 9.17) is 11.6 Å². The second-order valence-electron chi connectivity index (χ2n) is 5.65. The fraction of sp³-hybridized carbons (Fsp3) is 0.467. The van der Waals surface area contributed by atoms with Crippen LogP contribution in [0.5, 0.6) is 0 Å². The zero-order valence-electron chi connectivity index (χ0n) is 11.7. The van der Waals surface area contributed by atoms with Crippen LogP contribution in [0.15, 0.2) is 24.3 Å². The fourth-order valence-electron chi connectivity index (χ4n) is 2.68. The first-order chi connectivity index (χ1) is 10.3. The Kier molecular flexibility index (Phi) is 3.47. The lowest BCUT2D eigenvalue weighted by molar-refractivity contribution is 0.649. The van der Waals surface area contributed by atoms with E-state index in [9.17, 15) is 0 Å². The Bertz CT molecular complexity index is 632. The van der Waals surface area contributed by atoms with Gasteiger partial charge in [-0.1, -0.05) is 29.0 Å². The van der Waals surface area contributed by atoms with Crippen molar-refractivity contribution in [3.8, 4) is 0 Å². The van der Waals surface area contributed by atoms with Crippen LogP contribution in [0.1, 0.15) is 23.8 Å². The Hall–Kier alpha value is -1.33. The summed E-state index contributed by atoms with van der Waals surface area (Å²) in [6.07, 6.45) is 2.58. The lowest BCUT2D eigenvalue weighted by Gasteiger charge is -2.35. The summed E-state index contributed by atoms with van der Waals surface area (Å²) in [6, 6.07) is 8.09. The standard InChI is InChI=1S/C15H17ClN4S/c16-12-2-1-3-13(10-12)19-6-8-20(9-7-19)15-18-17-14(21-15)11-4-5-11/h1-3,10-11H,4-9H2. The smallest absolute Gasteiger partial charge is 0.208 e. The van der Waals surface area contributed by atoms with Gasteiger partial charge in [-0.2, -0.15) is 0 Å². The molecule has 21 heavy (non-hydrogen) atoms. The maximum absolute atomic E-state index is 6.07. The molecule has 1 aromatic carbocycles. The van der Waals surface area contributed by atoms with Crippen LogP contribution in [0, 0.1) is 0 Å². The molecular formula is C15H17ClN4S. The summed E-state index contributed by atoms with van der Waals surface area (Å²) in [6.45, 7) is 3.98. The molecule has 2 aromatic rings. The van der Waals surface area contributed by atoms with Crippen LogP contribution in [0.2, 0.25) is 5.02 Å². The van der Waals surface area contributed by atoms with Crippen LogP contribution >= 0.6 is 22.9 Å². The first kappa shape index (κ1) is 13.3. The van der Waals surface area contributed by atoms with E-state index in [1.807, 2.05) is 18.2 Å². The molecule has 4 rings (SSSR count). The van der Waals surface area contributed by atoms with Gasteiger partial charge >= 0.3 is 0 Å². The summed E-state index contributed by atoms with van der Waals surface area (Å²) in [4.78, 5) is 4.73. The summed E-state index contributed by atoms with van der Waals surface area (Å²) in [5.41, 5.74) is 1.21. The molecule has 6 heteroatoms. The molecule has 0 radical (unpaired) electrons. The third kappa shape index (κ3) is 2.85. The van der Waals surface area contributed by atoms with Crippen LogP contribution in [0.25, 0.3) is 0 Å². The van der Waals surface area contributed by atoms with Crippen molar-refractivity contribution in [2.24, 2.45) is 0 Å². The highest BCUT2D eigenvalue weighted by Crippen LogP contribution is 2.42. The minimum atomic E-state index is 0.698. The van der Waals surface area contributed by atoms with Gasteiger partial charge in [0.15, 0.2) is 0 Å². The van der Waals surface area contributed by atoms with Crippen molar-refractivity contribution in [2.45, 2.75) is 18.8 Å². The lowest BCUT2D eigenvalue weighted by atomic mass is 10.2. The third-order valence-corrected chi connectivity index (χ3v) is 5.46. The second-order valence-corrected chi connectivity index (χ2v) is 7.08. The highest BCUT2D eigenvalue weighted by atomic mass is 35.5. The quantitative estimate of drug-likeness (QED) is 0.867. The van der Waals surface area contributed by atoms with Gasteiger partial charge in [0.1, 0.15) is 5.01 Å². The van der Waals surface area contributed by atoms with Gasteiger partial charge in [-0.25, -0.2) is 0 Å². The van der Waals surface area contributed by atoms with Gasteiger partial charge in [0.25, 0.3) is 0 Å². The van der Waals surface area contributed by atoms with Gasteiger partial charge < -0.3 is 9.80 Å². The summed E-state index contributed by atoms with van der Waals surface area (Å²) < 4.78 is 0. The number of benzene rings is 1. The Morgan fingerprint density at radius 3 is 2.52 bits per heavy atom. The van der Waals surface area contributed by atoms with Crippen molar-refractivity contribution in [1.82, 2.24) is 10.2 Å². The number of anilines is 2. The molecule has 1 aliphatic heterocycles. The minimum Gasteiger partial charge on any atom is -0.368 e. The molecule has 1 saturated carbocycles. The fourth-order valence-corrected chi connectivity index (χ4v) is 3.93. The second kappa shape index (κ2) is 5.46. The van der Waals surface area contributed by atoms with E-state index in [0.717, 1.165) is 36.3 Å². The number of halogens is 1. The maximum atomic E-state index is 6.07. The van der Waals surface area contributed by atoms with E-state index in [-0.39, 0.29) is 0 Å². The van der Waals surface area contributed by atoms with Gasteiger partial charge in [-0.15, -0.1) is 10.2 Å². The van der Waals surface area contributed by atoms with Crippen molar-refractivity contribution in [3.05, 3.63) is 34.3 Å². The number of aromatic nitrogens is 2. The molecule has 2 fully saturated rings. The SMILES string of the molecule is Clc1cccc(N2CCN(c3nnc(C4CC4)s3)CC2)c1. The Balaban J connectivity index is 1.41. The van der Waals surface area contributed by atoms with Crippen LogP contribution in [-0.2, 0) is 0 Å². The Morgan fingerprint density at radius 2 is 1.81 bits per heavy atom. The summed E-state index contributed by atoms with van der Waals surface area (Å²) in [7, 11) is 0. The van der Waals surface area contributed by atoms with Gasteiger partial charge in [0, 0.05) is 42.8 Å². The summed E-state index contributed by atoms with van der Waals surface area (Å²) >= 11 is 7.85. The Morgan fingerprint density at radius 1 is 1.05 bits per heavy atom.